The van der Waals surface area contributed by atoms with Crippen molar-refractivity contribution in [3.8, 4) is 0 Å². The van der Waals surface area contributed by atoms with Crippen LogP contribution in [0.5, 0.6) is 0 Å². The minimum atomic E-state index is -0.586. The number of rotatable bonds is 13. The standard InChI is InChI=1S/C28H41N3O4/c1-3-4-13-25(30-26(32)19-22-20-29-24-14-9-8-12-23(22)24)28(34)31(18-16-27(33)35-2)17-15-21-10-6-5-7-11-21/h8-9,12,14,20-21,25,29H,3-7,10-11,13,15-19H2,1-2H3,(H,30,32). The van der Waals surface area contributed by atoms with Crippen LogP contribution < -0.4 is 5.32 Å². The van der Waals surface area contributed by atoms with Gasteiger partial charge in [-0.3, -0.25) is 14.4 Å². The van der Waals surface area contributed by atoms with E-state index in [0.29, 0.717) is 25.4 Å². The second-order valence-corrected chi connectivity index (χ2v) is 9.74. The summed E-state index contributed by atoms with van der Waals surface area (Å²) in [5.41, 5.74) is 1.91. The molecular formula is C28H41N3O4. The van der Waals surface area contributed by atoms with Gasteiger partial charge in [0.15, 0.2) is 0 Å². The first-order chi connectivity index (χ1) is 17.0. The third kappa shape index (κ3) is 8.11. The highest BCUT2D eigenvalue weighted by molar-refractivity contribution is 5.92. The Morgan fingerprint density at radius 1 is 1.14 bits per heavy atom. The zero-order valence-electron chi connectivity index (χ0n) is 21.3. The maximum absolute atomic E-state index is 13.6. The Labute approximate surface area is 209 Å². The lowest BCUT2D eigenvalue weighted by atomic mass is 9.87. The monoisotopic (exact) mass is 483 g/mol. The first-order valence-electron chi connectivity index (χ1n) is 13.2. The molecule has 35 heavy (non-hydrogen) atoms. The predicted molar refractivity (Wildman–Crippen MR) is 138 cm³/mol. The van der Waals surface area contributed by atoms with E-state index >= 15 is 0 Å². The van der Waals surface area contributed by atoms with Gasteiger partial charge in [0.25, 0.3) is 0 Å². The lowest BCUT2D eigenvalue weighted by molar-refractivity contribution is -0.142. The lowest BCUT2D eigenvalue weighted by Crippen LogP contribution is -2.50. The fraction of sp³-hybridized carbons (Fsp3) is 0.607. The highest BCUT2D eigenvalue weighted by atomic mass is 16.5. The highest BCUT2D eigenvalue weighted by Crippen LogP contribution is 2.26. The molecule has 1 heterocycles. The molecular weight excluding hydrogens is 442 g/mol. The first-order valence-corrected chi connectivity index (χ1v) is 13.2. The zero-order valence-corrected chi connectivity index (χ0v) is 21.3. The Hall–Kier alpha value is -2.83. The number of H-pyrrole nitrogens is 1. The van der Waals surface area contributed by atoms with Crippen molar-refractivity contribution < 1.29 is 19.1 Å². The van der Waals surface area contributed by atoms with Crippen LogP contribution in [0.2, 0.25) is 0 Å². The maximum Gasteiger partial charge on any atom is 0.307 e. The molecule has 2 aromatic rings. The number of para-hydroxylation sites is 1. The lowest BCUT2D eigenvalue weighted by Gasteiger charge is -2.30. The molecule has 2 N–H and O–H groups in total. The van der Waals surface area contributed by atoms with E-state index in [1.54, 1.807) is 4.90 Å². The Balaban J connectivity index is 1.67. The minimum Gasteiger partial charge on any atom is -0.469 e. The van der Waals surface area contributed by atoms with Gasteiger partial charge >= 0.3 is 5.97 Å². The molecule has 0 bridgehead atoms. The van der Waals surface area contributed by atoms with E-state index in [1.807, 2.05) is 30.5 Å². The summed E-state index contributed by atoms with van der Waals surface area (Å²) >= 11 is 0. The third-order valence-electron chi connectivity index (χ3n) is 7.16. The number of aromatic amines is 1. The van der Waals surface area contributed by atoms with Crippen LogP contribution in [-0.4, -0.2) is 53.9 Å². The van der Waals surface area contributed by atoms with Crippen molar-refractivity contribution in [1.29, 1.82) is 0 Å². The Morgan fingerprint density at radius 2 is 1.91 bits per heavy atom. The van der Waals surface area contributed by atoms with Gasteiger partial charge in [0.05, 0.1) is 20.0 Å². The van der Waals surface area contributed by atoms with Gasteiger partial charge in [-0.2, -0.15) is 0 Å². The molecule has 2 amide bonds. The van der Waals surface area contributed by atoms with Crippen LogP contribution in [0.4, 0.5) is 0 Å². The average Bonchev–Trinajstić information content (AvgIpc) is 3.29. The smallest absolute Gasteiger partial charge is 0.307 e. The van der Waals surface area contributed by atoms with Crippen molar-refractivity contribution in [2.45, 2.75) is 83.6 Å². The zero-order chi connectivity index (χ0) is 25.0. The summed E-state index contributed by atoms with van der Waals surface area (Å²) in [6.07, 6.45) is 11.8. The number of nitrogens with zero attached hydrogens (tertiary/aromatic N) is 1. The van der Waals surface area contributed by atoms with Crippen LogP contribution in [0.1, 0.15) is 76.7 Å². The second-order valence-electron chi connectivity index (χ2n) is 9.74. The van der Waals surface area contributed by atoms with Gasteiger partial charge in [0.1, 0.15) is 6.04 Å². The van der Waals surface area contributed by atoms with E-state index in [-0.39, 0.29) is 30.6 Å². The van der Waals surface area contributed by atoms with Crippen molar-refractivity contribution in [3.05, 3.63) is 36.0 Å². The summed E-state index contributed by atoms with van der Waals surface area (Å²) in [5.74, 6) is 0.0477. The van der Waals surface area contributed by atoms with Crippen molar-refractivity contribution >= 4 is 28.7 Å². The van der Waals surface area contributed by atoms with Crippen molar-refractivity contribution in [1.82, 2.24) is 15.2 Å². The van der Waals surface area contributed by atoms with Crippen LogP contribution >= 0.6 is 0 Å². The number of fused-ring (bicyclic) bond motifs is 1. The molecule has 0 spiro atoms. The quantitative estimate of drug-likeness (QED) is 0.402. The second kappa shape index (κ2) is 13.9. The van der Waals surface area contributed by atoms with Crippen LogP contribution in [0, 0.1) is 5.92 Å². The number of esters is 1. The fourth-order valence-electron chi connectivity index (χ4n) is 5.06. The molecule has 7 nitrogen and oxygen atoms in total. The summed E-state index contributed by atoms with van der Waals surface area (Å²) in [6, 6.07) is 7.30. The van der Waals surface area contributed by atoms with E-state index in [2.05, 4.69) is 17.2 Å². The summed E-state index contributed by atoms with van der Waals surface area (Å²) in [4.78, 5) is 43.4. The normalized spacial score (nSPS) is 15.0. The first kappa shape index (κ1) is 26.8. The summed E-state index contributed by atoms with van der Waals surface area (Å²) < 4.78 is 4.81. The molecule has 0 saturated heterocycles. The Kier molecular flexibility index (Phi) is 10.6. The number of nitrogens with one attached hydrogen (secondary N) is 2. The van der Waals surface area contributed by atoms with E-state index in [0.717, 1.165) is 35.7 Å². The van der Waals surface area contributed by atoms with Crippen LogP contribution in [-0.2, 0) is 25.5 Å². The minimum absolute atomic E-state index is 0.0922. The molecule has 0 aliphatic heterocycles. The molecule has 3 rings (SSSR count). The number of benzene rings is 1. The Morgan fingerprint density at radius 3 is 2.66 bits per heavy atom. The van der Waals surface area contributed by atoms with Gasteiger partial charge in [-0.05, 0) is 30.4 Å². The number of unbranched alkanes of at least 4 members (excludes halogenated alkanes) is 1. The van der Waals surface area contributed by atoms with Crippen molar-refractivity contribution in [2.24, 2.45) is 5.92 Å². The molecule has 1 aromatic heterocycles. The largest absolute Gasteiger partial charge is 0.469 e. The number of carbonyl (C=O) groups is 3. The summed E-state index contributed by atoms with van der Waals surface area (Å²) in [5, 5.41) is 4.03. The van der Waals surface area contributed by atoms with Gasteiger partial charge < -0.3 is 19.9 Å². The third-order valence-corrected chi connectivity index (χ3v) is 7.16. The van der Waals surface area contributed by atoms with Crippen molar-refractivity contribution in [3.63, 3.8) is 0 Å². The fourth-order valence-corrected chi connectivity index (χ4v) is 5.06. The molecule has 1 aliphatic carbocycles. The molecule has 7 heteroatoms. The molecule has 1 saturated carbocycles. The van der Waals surface area contributed by atoms with Gasteiger partial charge in [0, 0.05) is 30.2 Å². The number of carbonyl (C=O) groups excluding carboxylic acids is 3. The molecule has 1 fully saturated rings. The molecule has 1 aromatic carbocycles. The predicted octanol–water partition coefficient (Wildman–Crippen LogP) is 4.75. The van der Waals surface area contributed by atoms with Crippen LogP contribution in [0.3, 0.4) is 0 Å². The molecule has 192 valence electrons. The van der Waals surface area contributed by atoms with Crippen LogP contribution in [0.25, 0.3) is 10.9 Å². The number of hydrogen-bond donors (Lipinski definition) is 2. The molecule has 1 atom stereocenters. The number of aromatic nitrogens is 1. The number of amides is 2. The maximum atomic E-state index is 13.6. The van der Waals surface area contributed by atoms with E-state index in [9.17, 15) is 14.4 Å². The van der Waals surface area contributed by atoms with E-state index in [4.69, 9.17) is 4.74 Å². The number of hydrogen-bond acceptors (Lipinski definition) is 4. The van der Waals surface area contributed by atoms with Gasteiger partial charge in [-0.1, -0.05) is 70.1 Å². The van der Waals surface area contributed by atoms with Crippen molar-refractivity contribution in [2.75, 3.05) is 20.2 Å². The molecule has 1 aliphatic rings. The molecule has 1 unspecified atom stereocenters. The Bertz CT molecular complexity index is 964. The van der Waals surface area contributed by atoms with Gasteiger partial charge in [0.2, 0.25) is 11.8 Å². The van der Waals surface area contributed by atoms with Crippen LogP contribution in [0.15, 0.2) is 30.5 Å². The topological polar surface area (TPSA) is 91.5 Å². The van der Waals surface area contributed by atoms with Gasteiger partial charge in [-0.25, -0.2) is 0 Å². The summed E-state index contributed by atoms with van der Waals surface area (Å²) in [7, 11) is 1.37. The summed E-state index contributed by atoms with van der Waals surface area (Å²) in [6.45, 7) is 3.01. The molecule has 0 radical (unpaired) electrons. The van der Waals surface area contributed by atoms with E-state index in [1.165, 1.54) is 39.2 Å². The highest BCUT2D eigenvalue weighted by Gasteiger charge is 2.27. The number of ether oxygens (including phenoxy) is 1. The number of methoxy groups -OCH3 is 1. The average molecular weight is 484 g/mol. The SMILES string of the molecule is CCCCC(NC(=O)Cc1c[nH]c2ccccc12)C(=O)N(CCC(=O)OC)CCC1CCCCC1. The van der Waals surface area contributed by atoms with E-state index < -0.39 is 6.04 Å². The van der Waals surface area contributed by atoms with Gasteiger partial charge in [-0.15, -0.1) is 0 Å².